The van der Waals surface area contributed by atoms with Gasteiger partial charge in [0.15, 0.2) is 0 Å². The smallest absolute Gasteiger partial charge is 0.244 e. The zero-order chi connectivity index (χ0) is 21.0. The van der Waals surface area contributed by atoms with E-state index in [1.54, 1.807) is 29.7 Å². The van der Waals surface area contributed by atoms with Crippen molar-refractivity contribution in [3.05, 3.63) is 82.8 Å². The van der Waals surface area contributed by atoms with Crippen LogP contribution in [-0.2, 0) is 14.8 Å². The lowest BCUT2D eigenvalue weighted by molar-refractivity contribution is -0.126. The van der Waals surface area contributed by atoms with Crippen molar-refractivity contribution in [2.24, 2.45) is 5.92 Å². The number of hydrogen-bond donors (Lipinski definition) is 1. The number of thiophene rings is 1. The number of piperidine rings is 1. The van der Waals surface area contributed by atoms with Gasteiger partial charge in [0, 0.05) is 36.3 Å². The van der Waals surface area contributed by atoms with Gasteiger partial charge in [0.1, 0.15) is 4.90 Å². The van der Waals surface area contributed by atoms with E-state index >= 15 is 0 Å². The molecular weight excluding hydrogens is 418 g/mol. The molecule has 3 heterocycles. The van der Waals surface area contributed by atoms with Crippen LogP contribution in [0, 0.1) is 5.92 Å². The number of carbonyl (C=O) groups excluding carboxylic acids is 1. The highest BCUT2D eigenvalue weighted by molar-refractivity contribution is 7.89. The van der Waals surface area contributed by atoms with Crippen LogP contribution in [0.5, 0.6) is 0 Å². The summed E-state index contributed by atoms with van der Waals surface area (Å²) in [6, 6.07) is 16.9. The minimum Gasteiger partial charge on any atom is -0.344 e. The fraction of sp³-hybridized carbons (Fsp3) is 0.273. The number of nitrogens with zero attached hydrogens (tertiary/aromatic N) is 2. The molecule has 1 fully saturated rings. The SMILES string of the molecule is O=C(NC(c1ccccc1)c1cccs1)C1CCN(S(=O)(=O)c2cccnc2)CC1. The molecule has 1 aliphatic heterocycles. The molecule has 1 aromatic carbocycles. The van der Waals surface area contributed by atoms with Crippen LogP contribution in [0.15, 0.2) is 77.3 Å². The Kier molecular flexibility index (Phi) is 6.26. The van der Waals surface area contributed by atoms with Crippen molar-refractivity contribution in [2.45, 2.75) is 23.8 Å². The maximum absolute atomic E-state index is 13.0. The summed E-state index contributed by atoms with van der Waals surface area (Å²) in [5, 5.41) is 5.18. The van der Waals surface area contributed by atoms with Gasteiger partial charge < -0.3 is 5.32 Å². The first-order valence-corrected chi connectivity index (χ1v) is 12.2. The lowest BCUT2D eigenvalue weighted by atomic mass is 9.96. The second-order valence-electron chi connectivity index (χ2n) is 7.23. The van der Waals surface area contributed by atoms with Crippen LogP contribution in [0.2, 0.25) is 0 Å². The minimum atomic E-state index is -3.57. The van der Waals surface area contributed by atoms with E-state index in [1.165, 1.54) is 10.5 Å². The fourth-order valence-corrected chi connectivity index (χ4v) is 5.92. The number of aromatic nitrogens is 1. The molecule has 1 aliphatic rings. The number of pyridine rings is 1. The van der Waals surface area contributed by atoms with Gasteiger partial charge in [-0.3, -0.25) is 9.78 Å². The minimum absolute atomic E-state index is 0.0318. The highest BCUT2D eigenvalue weighted by Crippen LogP contribution is 2.28. The highest BCUT2D eigenvalue weighted by atomic mass is 32.2. The summed E-state index contributed by atoms with van der Waals surface area (Å²) in [7, 11) is -3.57. The molecule has 1 atom stereocenters. The Morgan fingerprint density at radius 2 is 1.83 bits per heavy atom. The van der Waals surface area contributed by atoms with Gasteiger partial charge in [-0.15, -0.1) is 11.3 Å². The summed E-state index contributed by atoms with van der Waals surface area (Å²) in [6.45, 7) is 0.647. The molecule has 4 rings (SSSR count). The van der Waals surface area contributed by atoms with Crippen molar-refractivity contribution in [1.29, 1.82) is 0 Å². The van der Waals surface area contributed by atoms with E-state index in [1.807, 2.05) is 47.8 Å². The highest BCUT2D eigenvalue weighted by Gasteiger charge is 2.33. The number of sulfonamides is 1. The first kappa shape index (κ1) is 20.7. The van der Waals surface area contributed by atoms with Gasteiger partial charge in [0.05, 0.1) is 6.04 Å². The third-order valence-corrected chi connectivity index (χ3v) is 8.16. The van der Waals surface area contributed by atoms with Gasteiger partial charge in [-0.1, -0.05) is 36.4 Å². The van der Waals surface area contributed by atoms with Gasteiger partial charge in [-0.25, -0.2) is 8.42 Å². The summed E-state index contributed by atoms with van der Waals surface area (Å²) in [5.41, 5.74) is 1.03. The summed E-state index contributed by atoms with van der Waals surface area (Å²) in [5.74, 6) is -0.243. The van der Waals surface area contributed by atoms with Gasteiger partial charge in [-0.2, -0.15) is 4.31 Å². The Labute approximate surface area is 180 Å². The average Bonchev–Trinajstić information content (AvgIpc) is 3.33. The number of amides is 1. The molecule has 1 N–H and O–H groups in total. The lowest BCUT2D eigenvalue weighted by Crippen LogP contribution is -2.43. The number of nitrogens with one attached hydrogen (secondary N) is 1. The predicted molar refractivity (Wildman–Crippen MR) is 116 cm³/mol. The van der Waals surface area contributed by atoms with Crippen LogP contribution >= 0.6 is 11.3 Å². The monoisotopic (exact) mass is 441 g/mol. The topological polar surface area (TPSA) is 79.4 Å². The molecule has 156 valence electrons. The standard InChI is InChI=1S/C22H23N3O3S2/c26-22(24-21(20-9-5-15-29-20)17-6-2-1-3-7-17)18-10-13-25(14-11-18)30(27,28)19-8-4-12-23-16-19/h1-9,12,15-16,18,21H,10-11,13-14H2,(H,24,26). The maximum Gasteiger partial charge on any atom is 0.244 e. The van der Waals surface area contributed by atoms with Crippen molar-refractivity contribution >= 4 is 27.3 Å². The van der Waals surface area contributed by atoms with Gasteiger partial charge in [-0.05, 0) is 42.0 Å². The molecular formula is C22H23N3O3S2. The van der Waals surface area contributed by atoms with E-state index in [0.29, 0.717) is 25.9 Å². The van der Waals surface area contributed by atoms with E-state index in [9.17, 15) is 13.2 Å². The Hall–Kier alpha value is -2.55. The number of carbonyl (C=O) groups is 1. The summed E-state index contributed by atoms with van der Waals surface area (Å²) < 4.78 is 27.0. The van der Waals surface area contributed by atoms with Crippen molar-refractivity contribution < 1.29 is 13.2 Å². The zero-order valence-electron chi connectivity index (χ0n) is 16.3. The molecule has 1 amide bonds. The largest absolute Gasteiger partial charge is 0.344 e. The Morgan fingerprint density at radius 3 is 2.47 bits per heavy atom. The van der Waals surface area contributed by atoms with Crippen LogP contribution in [0.25, 0.3) is 0 Å². The second-order valence-corrected chi connectivity index (χ2v) is 10.2. The van der Waals surface area contributed by atoms with Crippen LogP contribution in [0.1, 0.15) is 29.3 Å². The Morgan fingerprint density at radius 1 is 1.07 bits per heavy atom. The molecule has 1 unspecified atom stereocenters. The van der Waals surface area contributed by atoms with E-state index in [0.717, 1.165) is 10.4 Å². The molecule has 0 bridgehead atoms. The van der Waals surface area contributed by atoms with E-state index < -0.39 is 10.0 Å². The van der Waals surface area contributed by atoms with Gasteiger partial charge in [0.2, 0.25) is 15.9 Å². The molecule has 0 aliphatic carbocycles. The van der Waals surface area contributed by atoms with Crippen molar-refractivity contribution in [3.63, 3.8) is 0 Å². The number of hydrogen-bond acceptors (Lipinski definition) is 5. The van der Waals surface area contributed by atoms with Crippen molar-refractivity contribution in [3.8, 4) is 0 Å². The number of benzene rings is 1. The van der Waals surface area contributed by atoms with Crippen LogP contribution < -0.4 is 5.32 Å². The second kappa shape index (κ2) is 9.07. The molecule has 8 heteroatoms. The molecule has 0 spiro atoms. The Balaban J connectivity index is 1.43. The van der Waals surface area contributed by atoms with Crippen molar-refractivity contribution in [1.82, 2.24) is 14.6 Å². The quantitative estimate of drug-likeness (QED) is 0.635. The molecule has 3 aromatic rings. The molecule has 6 nitrogen and oxygen atoms in total. The molecule has 2 aromatic heterocycles. The first-order valence-electron chi connectivity index (χ1n) is 9.84. The normalized spacial score (nSPS) is 16.8. The lowest BCUT2D eigenvalue weighted by Gasteiger charge is -2.31. The van der Waals surface area contributed by atoms with Gasteiger partial charge in [0.25, 0.3) is 0 Å². The molecule has 1 saturated heterocycles. The van der Waals surface area contributed by atoms with Gasteiger partial charge >= 0.3 is 0 Å². The van der Waals surface area contributed by atoms with Crippen LogP contribution in [0.3, 0.4) is 0 Å². The van der Waals surface area contributed by atoms with E-state index in [2.05, 4.69) is 10.3 Å². The van der Waals surface area contributed by atoms with Crippen LogP contribution in [0.4, 0.5) is 0 Å². The molecule has 30 heavy (non-hydrogen) atoms. The molecule has 0 radical (unpaired) electrons. The van der Waals surface area contributed by atoms with E-state index in [-0.39, 0.29) is 22.8 Å². The Bertz CT molecular complexity index is 1060. The summed E-state index contributed by atoms with van der Waals surface area (Å²) in [4.78, 5) is 18.2. The average molecular weight is 442 g/mol. The predicted octanol–water partition coefficient (Wildman–Crippen LogP) is 3.45. The summed E-state index contributed by atoms with van der Waals surface area (Å²) >= 11 is 1.61. The fourth-order valence-electron chi connectivity index (χ4n) is 3.69. The number of rotatable bonds is 6. The maximum atomic E-state index is 13.0. The third-order valence-electron chi connectivity index (χ3n) is 5.34. The zero-order valence-corrected chi connectivity index (χ0v) is 18.0. The van der Waals surface area contributed by atoms with E-state index in [4.69, 9.17) is 0 Å². The molecule has 0 saturated carbocycles. The van der Waals surface area contributed by atoms with Crippen molar-refractivity contribution in [2.75, 3.05) is 13.1 Å². The summed E-state index contributed by atoms with van der Waals surface area (Å²) in [6.07, 6.45) is 3.90. The van der Waals surface area contributed by atoms with Crippen LogP contribution in [-0.4, -0.2) is 36.7 Å². The first-order chi connectivity index (χ1) is 14.6. The third kappa shape index (κ3) is 4.45.